The van der Waals surface area contributed by atoms with Crippen molar-refractivity contribution in [1.82, 2.24) is 5.32 Å². The van der Waals surface area contributed by atoms with Crippen LogP contribution in [0.1, 0.15) is 18.9 Å². The van der Waals surface area contributed by atoms with Gasteiger partial charge in [0.2, 0.25) is 0 Å². The van der Waals surface area contributed by atoms with Gasteiger partial charge in [0, 0.05) is 6.54 Å². The lowest BCUT2D eigenvalue weighted by atomic mass is 10.1. The minimum atomic E-state index is -0.526. The Hall–Kier alpha value is -3.21. The zero-order chi connectivity index (χ0) is 20.6. The number of amides is 1. The van der Waals surface area contributed by atoms with Crippen LogP contribution < -0.4 is 19.5 Å². The maximum Gasteiger partial charge on any atom is 0.261 e. The van der Waals surface area contributed by atoms with Gasteiger partial charge in [0.1, 0.15) is 5.75 Å². The Morgan fingerprint density at radius 3 is 2.41 bits per heavy atom. The number of hydrogen-bond acceptors (Lipinski definition) is 4. The predicted octanol–water partition coefficient (Wildman–Crippen LogP) is 4.37. The van der Waals surface area contributed by atoms with Crippen LogP contribution in [0.2, 0.25) is 0 Å². The van der Waals surface area contributed by atoms with Crippen molar-refractivity contribution in [3.05, 3.63) is 66.2 Å². The number of carbonyl (C=O) groups is 1. The average Bonchev–Trinajstić information content (AvgIpc) is 2.77. The molecule has 0 aliphatic heterocycles. The normalized spacial score (nSPS) is 11.7. The molecule has 0 aromatic heterocycles. The number of nitrogens with one attached hydrogen (secondary N) is 1. The number of fused-ring (bicyclic) bond motifs is 1. The van der Waals surface area contributed by atoms with E-state index in [0.29, 0.717) is 36.6 Å². The first-order chi connectivity index (χ1) is 14.1. The van der Waals surface area contributed by atoms with Gasteiger partial charge in [-0.15, -0.1) is 0 Å². The van der Waals surface area contributed by atoms with Crippen molar-refractivity contribution >= 4 is 16.7 Å². The van der Waals surface area contributed by atoms with Crippen molar-refractivity contribution in [3.63, 3.8) is 0 Å². The Morgan fingerprint density at radius 1 is 0.931 bits per heavy atom. The van der Waals surface area contributed by atoms with Gasteiger partial charge in [-0.2, -0.15) is 0 Å². The number of carbonyl (C=O) groups excluding carboxylic acids is 1. The van der Waals surface area contributed by atoms with Crippen LogP contribution in [0.3, 0.4) is 0 Å². The molecular weight excluding hydrogens is 366 g/mol. The second-order valence-electron chi connectivity index (χ2n) is 6.75. The van der Waals surface area contributed by atoms with Crippen LogP contribution in [0, 0.1) is 0 Å². The van der Waals surface area contributed by atoms with Gasteiger partial charge in [-0.1, -0.05) is 43.3 Å². The molecule has 29 heavy (non-hydrogen) atoms. The lowest BCUT2D eigenvalue weighted by Gasteiger charge is -2.18. The second kappa shape index (κ2) is 9.82. The van der Waals surface area contributed by atoms with E-state index in [-0.39, 0.29) is 5.91 Å². The summed E-state index contributed by atoms with van der Waals surface area (Å²) in [7, 11) is 3.22. The molecule has 3 aromatic carbocycles. The molecule has 5 heteroatoms. The highest BCUT2D eigenvalue weighted by molar-refractivity contribution is 5.84. The van der Waals surface area contributed by atoms with E-state index in [0.717, 1.165) is 16.3 Å². The molecule has 0 saturated heterocycles. The molecule has 0 bridgehead atoms. The molecule has 1 atom stereocenters. The van der Waals surface area contributed by atoms with Crippen LogP contribution in [0.4, 0.5) is 0 Å². The number of rotatable bonds is 9. The highest BCUT2D eigenvalue weighted by Crippen LogP contribution is 2.27. The van der Waals surface area contributed by atoms with Crippen LogP contribution in [-0.2, 0) is 11.2 Å². The molecule has 0 radical (unpaired) electrons. The fraction of sp³-hybridized carbons (Fsp3) is 0.292. The first kappa shape index (κ1) is 20.5. The monoisotopic (exact) mass is 393 g/mol. The fourth-order valence-electron chi connectivity index (χ4n) is 3.21. The molecule has 1 amide bonds. The third-order valence-electron chi connectivity index (χ3n) is 4.82. The van der Waals surface area contributed by atoms with Crippen LogP contribution >= 0.6 is 0 Å². The van der Waals surface area contributed by atoms with E-state index in [1.807, 2.05) is 61.5 Å². The van der Waals surface area contributed by atoms with E-state index in [1.54, 1.807) is 14.2 Å². The molecule has 0 spiro atoms. The zero-order valence-corrected chi connectivity index (χ0v) is 17.1. The Kier molecular flexibility index (Phi) is 6.95. The lowest BCUT2D eigenvalue weighted by Crippen LogP contribution is -2.38. The summed E-state index contributed by atoms with van der Waals surface area (Å²) in [4.78, 5) is 12.6. The van der Waals surface area contributed by atoms with Crippen molar-refractivity contribution in [2.24, 2.45) is 0 Å². The fourth-order valence-corrected chi connectivity index (χ4v) is 3.21. The lowest BCUT2D eigenvalue weighted by molar-refractivity contribution is -0.128. The Bertz CT molecular complexity index is 970. The molecule has 3 aromatic rings. The first-order valence-corrected chi connectivity index (χ1v) is 9.78. The Labute approximate surface area is 171 Å². The quantitative estimate of drug-likeness (QED) is 0.586. The first-order valence-electron chi connectivity index (χ1n) is 9.78. The second-order valence-corrected chi connectivity index (χ2v) is 6.75. The Balaban J connectivity index is 1.56. The molecule has 0 fully saturated rings. The van der Waals surface area contributed by atoms with Gasteiger partial charge < -0.3 is 19.5 Å². The molecule has 0 aliphatic rings. The van der Waals surface area contributed by atoms with Crippen molar-refractivity contribution in [1.29, 1.82) is 0 Å². The predicted molar refractivity (Wildman–Crippen MR) is 115 cm³/mol. The summed E-state index contributed by atoms with van der Waals surface area (Å²) in [5.41, 5.74) is 1.06. The average molecular weight is 393 g/mol. The van der Waals surface area contributed by atoms with E-state index in [2.05, 4.69) is 11.4 Å². The smallest absolute Gasteiger partial charge is 0.261 e. The van der Waals surface area contributed by atoms with E-state index in [9.17, 15) is 4.79 Å². The molecule has 0 aliphatic carbocycles. The maximum atomic E-state index is 12.6. The summed E-state index contributed by atoms with van der Waals surface area (Å²) in [6.45, 7) is 2.46. The third kappa shape index (κ3) is 5.19. The van der Waals surface area contributed by atoms with Gasteiger partial charge in [-0.25, -0.2) is 0 Å². The topological polar surface area (TPSA) is 56.8 Å². The standard InChI is InChI=1S/C24H27NO4/c1-4-21(29-20-11-10-18-7-5-6-8-19(18)16-20)24(26)25-14-13-17-9-12-22(27-2)23(15-17)28-3/h5-12,15-16,21H,4,13-14H2,1-3H3,(H,25,26)/t21-/m0/s1. The maximum absolute atomic E-state index is 12.6. The van der Waals surface area contributed by atoms with Crippen molar-refractivity contribution in [3.8, 4) is 17.2 Å². The number of methoxy groups -OCH3 is 2. The van der Waals surface area contributed by atoms with Crippen LogP contribution in [0.25, 0.3) is 10.8 Å². The minimum Gasteiger partial charge on any atom is -0.493 e. The summed E-state index contributed by atoms with van der Waals surface area (Å²) >= 11 is 0. The molecule has 5 nitrogen and oxygen atoms in total. The van der Waals surface area contributed by atoms with Gasteiger partial charge >= 0.3 is 0 Å². The van der Waals surface area contributed by atoms with Gasteiger partial charge in [0.25, 0.3) is 5.91 Å². The number of hydrogen-bond donors (Lipinski definition) is 1. The SMILES string of the molecule is CC[C@H](Oc1ccc2ccccc2c1)C(=O)NCCc1ccc(OC)c(OC)c1. The van der Waals surface area contributed by atoms with Gasteiger partial charge in [0.05, 0.1) is 14.2 Å². The van der Waals surface area contributed by atoms with Crippen LogP contribution in [0.5, 0.6) is 17.2 Å². The van der Waals surface area contributed by atoms with E-state index < -0.39 is 6.10 Å². The third-order valence-corrected chi connectivity index (χ3v) is 4.82. The van der Waals surface area contributed by atoms with Gasteiger partial charge in [-0.3, -0.25) is 4.79 Å². The molecule has 0 heterocycles. The van der Waals surface area contributed by atoms with Crippen LogP contribution in [0.15, 0.2) is 60.7 Å². The zero-order valence-electron chi connectivity index (χ0n) is 17.1. The summed E-state index contributed by atoms with van der Waals surface area (Å²) in [5.74, 6) is 1.96. The number of benzene rings is 3. The molecule has 3 rings (SSSR count). The summed E-state index contributed by atoms with van der Waals surface area (Å²) in [6, 6.07) is 19.7. The summed E-state index contributed by atoms with van der Waals surface area (Å²) < 4.78 is 16.5. The van der Waals surface area contributed by atoms with Gasteiger partial charge in [0.15, 0.2) is 17.6 Å². The summed E-state index contributed by atoms with van der Waals surface area (Å²) in [6.07, 6.45) is 0.759. The number of ether oxygens (including phenoxy) is 3. The highest BCUT2D eigenvalue weighted by Gasteiger charge is 2.18. The molecule has 1 N–H and O–H groups in total. The highest BCUT2D eigenvalue weighted by atomic mass is 16.5. The van der Waals surface area contributed by atoms with Crippen molar-refractivity contribution in [2.45, 2.75) is 25.9 Å². The molecule has 152 valence electrons. The Morgan fingerprint density at radius 2 is 1.69 bits per heavy atom. The van der Waals surface area contributed by atoms with E-state index in [4.69, 9.17) is 14.2 Å². The molecular formula is C24H27NO4. The van der Waals surface area contributed by atoms with Gasteiger partial charge in [-0.05, 0) is 53.4 Å². The summed E-state index contributed by atoms with van der Waals surface area (Å²) in [5, 5.41) is 5.21. The van der Waals surface area contributed by atoms with Crippen molar-refractivity contribution < 1.29 is 19.0 Å². The van der Waals surface area contributed by atoms with E-state index in [1.165, 1.54) is 0 Å². The molecule has 0 saturated carbocycles. The largest absolute Gasteiger partial charge is 0.493 e. The van der Waals surface area contributed by atoms with Crippen molar-refractivity contribution in [2.75, 3.05) is 20.8 Å². The minimum absolute atomic E-state index is 0.110. The van der Waals surface area contributed by atoms with E-state index >= 15 is 0 Å². The van der Waals surface area contributed by atoms with Crippen LogP contribution in [-0.4, -0.2) is 32.8 Å². The molecule has 0 unspecified atom stereocenters.